The van der Waals surface area contributed by atoms with E-state index >= 15 is 0 Å². The van der Waals surface area contributed by atoms with Crippen LogP contribution in [-0.4, -0.2) is 64.1 Å². The third-order valence-electron chi connectivity index (χ3n) is 5.79. The number of hydrogen-bond acceptors (Lipinski definition) is 4. The molecule has 2 amide bonds. The van der Waals surface area contributed by atoms with Gasteiger partial charge in [-0.1, -0.05) is 0 Å². The van der Waals surface area contributed by atoms with Gasteiger partial charge in [0.1, 0.15) is 0 Å². The predicted octanol–water partition coefficient (Wildman–Crippen LogP) is 0.962. The quantitative estimate of drug-likeness (QED) is 0.828. The van der Waals surface area contributed by atoms with Crippen molar-refractivity contribution in [2.45, 2.75) is 38.6 Å². The van der Waals surface area contributed by atoms with Crippen molar-refractivity contribution in [3.05, 3.63) is 17.0 Å². The Labute approximate surface area is 160 Å². The van der Waals surface area contributed by atoms with Gasteiger partial charge in [0.05, 0.1) is 5.92 Å². The molecule has 1 aromatic heterocycles. The van der Waals surface area contributed by atoms with Crippen LogP contribution in [0.3, 0.4) is 0 Å². The molecule has 0 saturated carbocycles. The highest BCUT2D eigenvalue weighted by Gasteiger charge is 2.34. The lowest BCUT2D eigenvalue weighted by Gasteiger charge is -2.33. The second-order valence-electron chi connectivity index (χ2n) is 7.45. The fourth-order valence-electron chi connectivity index (χ4n) is 4.40. The van der Waals surface area contributed by atoms with Gasteiger partial charge in [-0.15, -0.1) is 12.4 Å². The second-order valence-corrected chi connectivity index (χ2v) is 7.45. The highest BCUT2D eigenvalue weighted by molar-refractivity contribution is 5.94. The van der Waals surface area contributed by atoms with E-state index in [9.17, 15) is 9.59 Å². The summed E-state index contributed by atoms with van der Waals surface area (Å²) in [5.41, 5.74) is 2.76. The zero-order valence-electron chi connectivity index (χ0n) is 15.4. The molecule has 0 radical (unpaired) electrons. The average Bonchev–Trinajstić information content (AvgIpc) is 3.30. The van der Waals surface area contributed by atoms with Gasteiger partial charge < -0.3 is 15.1 Å². The summed E-state index contributed by atoms with van der Waals surface area (Å²) < 4.78 is 1.85. The number of nitrogens with one attached hydrogen (secondary N) is 1. The molecule has 4 heterocycles. The zero-order valence-corrected chi connectivity index (χ0v) is 16.2. The van der Waals surface area contributed by atoms with Gasteiger partial charge in [0.15, 0.2) is 5.69 Å². The molecule has 0 bridgehead atoms. The molecule has 0 spiro atoms. The first kappa shape index (κ1) is 19.2. The van der Waals surface area contributed by atoms with Crippen LogP contribution < -0.4 is 5.32 Å². The zero-order chi connectivity index (χ0) is 17.4. The lowest BCUT2D eigenvalue weighted by atomic mass is 9.96. The highest BCUT2D eigenvalue weighted by atomic mass is 35.5. The molecular weight excluding hydrogens is 354 g/mol. The van der Waals surface area contributed by atoms with Crippen molar-refractivity contribution in [3.63, 3.8) is 0 Å². The molecule has 1 atom stereocenters. The first-order valence-corrected chi connectivity index (χ1v) is 9.48. The van der Waals surface area contributed by atoms with Gasteiger partial charge in [0.25, 0.3) is 5.91 Å². The lowest BCUT2D eigenvalue weighted by molar-refractivity contribution is -0.135. The van der Waals surface area contributed by atoms with Crippen LogP contribution in [0.1, 0.15) is 47.4 Å². The first-order valence-electron chi connectivity index (χ1n) is 9.48. The Morgan fingerprint density at radius 2 is 1.85 bits per heavy atom. The Bertz CT molecular complexity index is 683. The molecule has 7 nitrogen and oxygen atoms in total. The van der Waals surface area contributed by atoms with E-state index < -0.39 is 0 Å². The predicted molar refractivity (Wildman–Crippen MR) is 100 cm³/mol. The number of carbonyl (C=O) groups excluding carboxylic acids is 2. The number of amides is 2. The van der Waals surface area contributed by atoms with E-state index in [1.54, 1.807) is 0 Å². The molecule has 1 unspecified atom stereocenters. The SMILES string of the molecule is Cl.Cn1nc(C(=O)N2CCCC(C(=O)N3CCCC3)C2)c2c1CCNC2. The number of halogens is 1. The Morgan fingerprint density at radius 3 is 2.62 bits per heavy atom. The van der Waals surface area contributed by atoms with Crippen LogP contribution in [0.15, 0.2) is 0 Å². The molecule has 26 heavy (non-hydrogen) atoms. The van der Waals surface area contributed by atoms with Crippen molar-refractivity contribution in [2.24, 2.45) is 13.0 Å². The summed E-state index contributed by atoms with van der Waals surface area (Å²) in [5.74, 6) is 0.174. The Morgan fingerprint density at radius 1 is 1.12 bits per heavy atom. The molecule has 2 fully saturated rings. The van der Waals surface area contributed by atoms with Crippen molar-refractivity contribution in [3.8, 4) is 0 Å². The van der Waals surface area contributed by atoms with Gasteiger partial charge in [0.2, 0.25) is 5.91 Å². The minimum absolute atomic E-state index is 0. The maximum atomic E-state index is 13.1. The Hall–Kier alpha value is -1.60. The molecular formula is C18H28ClN5O2. The van der Waals surface area contributed by atoms with Crippen molar-refractivity contribution in [2.75, 3.05) is 32.7 Å². The summed E-state index contributed by atoms with van der Waals surface area (Å²) in [6.45, 7) is 4.64. The molecule has 1 N–H and O–H groups in total. The van der Waals surface area contributed by atoms with Crippen LogP contribution in [0.4, 0.5) is 0 Å². The van der Waals surface area contributed by atoms with E-state index in [2.05, 4.69) is 10.4 Å². The topological polar surface area (TPSA) is 70.5 Å². The lowest BCUT2D eigenvalue weighted by Crippen LogP contribution is -2.46. The van der Waals surface area contributed by atoms with Gasteiger partial charge in [-0.05, 0) is 25.7 Å². The van der Waals surface area contributed by atoms with Crippen LogP contribution in [0.5, 0.6) is 0 Å². The van der Waals surface area contributed by atoms with Gasteiger partial charge in [0, 0.05) is 64.0 Å². The summed E-state index contributed by atoms with van der Waals surface area (Å²) in [4.78, 5) is 29.6. The molecule has 3 aliphatic heterocycles. The summed E-state index contributed by atoms with van der Waals surface area (Å²) in [6, 6.07) is 0. The Kier molecular flexibility index (Phi) is 5.87. The van der Waals surface area contributed by atoms with Crippen LogP contribution in [0.25, 0.3) is 0 Å². The van der Waals surface area contributed by atoms with Gasteiger partial charge in [-0.2, -0.15) is 5.10 Å². The Balaban J connectivity index is 0.00000196. The molecule has 2 saturated heterocycles. The van der Waals surface area contributed by atoms with Crippen LogP contribution in [-0.2, 0) is 24.8 Å². The van der Waals surface area contributed by atoms with Gasteiger partial charge >= 0.3 is 0 Å². The number of nitrogens with zero attached hydrogens (tertiary/aromatic N) is 4. The fourth-order valence-corrected chi connectivity index (χ4v) is 4.40. The minimum atomic E-state index is -0.0477. The third-order valence-corrected chi connectivity index (χ3v) is 5.79. The number of rotatable bonds is 2. The van der Waals surface area contributed by atoms with Crippen molar-refractivity contribution < 1.29 is 9.59 Å². The van der Waals surface area contributed by atoms with Crippen molar-refractivity contribution >= 4 is 24.2 Å². The smallest absolute Gasteiger partial charge is 0.274 e. The monoisotopic (exact) mass is 381 g/mol. The number of likely N-dealkylation sites (tertiary alicyclic amines) is 2. The standard InChI is InChI=1S/C18H27N5O2.ClH/c1-21-15-6-7-19-11-14(15)16(20-21)18(25)23-10-4-5-13(12-23)17(24)22-8-2-3-9-22;/h13,19H,2-12H2,1H3;1H. The van der Waals surface area contributed by atoms with Crippen LogP contribution in [0.2, 0.25) is 0 Å². The largest absolute Gasteiger partial charge is 0.342 e. The fraction of sp³-hybridized carbons (Fsp3) is 0.722. The molecule has 3 aliphatic rings. The summed E-state index contributed by atoms with van der Waals surface area (Å²) >= 11 is 0. The molecule has 4 rings (SSSR count). The number of aryl methyl sites for hydroxylation is 1. The summed E-state index contributed by atoms with van der Waals surface area (Å²) in [7, 11) is 1.91. The number of aromatic nitrogens is 2. The van der Waals surface area contributed by atoms with E-state index in [4.69, 9.17) is 0 Å². The van der Waals surface area contributed by atoms with E-state index in [-0.39, 0.29) is 30.1 Å². The van der Waals surface area contributed by atoms with Crippen molar-refractivity contribution in [1.82, 2.24) is 24.9 Å². The molecule has 0 aromatic carbocycles. The number of piperidine rings is 1. The first-order chi connectivity index (χ1) is 12.1. The van der Waals surface area contributed by atoms with Crippen LogP contribution >= 0.6 is 12.4 Å². The summed E-state index contributed by atoms with van der Waals surface area (Å²) in [6.07, 6.45) is 4.90. The molecule has 144 valence electrons. The van der Waals surface area contributed by atoms with E-state index in [1.165, 1.54) is 0 Å². The van der Waals surface area contributed by atoms with E-state index in [0.717, 1.165) is 69.5 Å². The van der Waals surface area contributed by atoms with E-state index in [1.807, 2.05) is 21.5 Å². The highest BCUT2D eigenvalue weighted by Crippen LogP contribution is 2.24. The van der Waals surface area contributed by atoms with Gasteiger partial charge in [-0.25, -0.2) is 0 Å². The average molecular weight is 382 g/mol. The third kappa shape index (κ3) is 3.47. The number of carbonyl (C=O) groups is 2. The maximum Gasteiger partial charge on any atom is 0.274 e. The maximum absolute atomic E-state index is 13.1. The van der Waals surface area contributed by atoms with Gasteiger partial charge in [-0.3, -0.25) is 14.3 Å². The number of fused-ring (bicyclic) bond motifs is 1. The van der Waals surface area contributed by atoms with Crippen LogP contribution in [0, 0.1) is 5.92 Å². The molecule has 8 heteroatoms. The normalized spacial score (nSPS) is 22.7. The second kappa shape index (κ2) is 7.96. The molecule has 0 aliphatic carbocycles. The summed E-state index contributed by atoms with van der Waals surface area (Å²) in [5, 5.41) is 7.84. The van der Waals surface area contributed by atoms with E-state index in [0.29, 0.717) is 18.8 Å². The minimum Gasteiger partial charge on any atom is -0.342 e. The number of hydrogen-bond donors (Lipinski definition) is 1. The van der Waals surface area contributed by atoms with Crippen molar-refractivity contribution in [1.29, 1.82) is 0 Å². The molecule has 1 aromatic rings.